The van der Waals surface area contributed by atoms with Gasteiger partial charge in [0.2, 0.25) is 0 Å². The fourth-order valence-electron chi connectivity index (χ4n) is 4.97. The highest BCUT2D eigenvalue weighted by molar-refractivity contribution is 7.13. The number of ether oxygens (including phenoxy) is 1. The molecule has 4 aromatic heterocycles. The van der Waals surface area contributed by atoms with Gasteiger partial charge in [-0.25, -0.2) is 14.5 Å². The summed E-state index contributed by atoms with van der Waals surface area (Å²) in [5.41, 5.74) is 3.64. The van der Waals surface area contributed by atoms with E-state index in [4.69, 9.17) is 14.7 Å². The Hall–Kier alpha value is -3.34. The lowest BCUT2D eigenvalue weighted by Crippen LogP contribution is -2.50. The van der Waals surface area contributed by atoms with Crippen molar-refractivity contribution in [2.24, 2.45) is 0 Å². The van der Waals surface area contributed by atoms with E-state index in [0.29, 0.717) is 30.1 Å². The van der Waals surface area contributed by atoms with Gasteiger partial charge in [0.15, 0.2) is 5.65 Å². The van der Waals surface area contributed by atoms with Crippen LogP contribution in [0.1, 0.15) is 51.4 Å². The molecular weight excluding hydrogens is 522 g/mol. The number of hydrogen-bond donors (Lipinski definition) is 1. The molecule has 1 fully saturated rings. The lowest BCUT2D eigenvalue weighted by molar-refractivity contribution is 0.0938. The second-order valence-corrected chi connectivity index (χ2v) is 10.5. The summed E-state index contributed by atoms with van der Waals surface area (Å²) < 4.78 is 7.17. The van der Waals surface area contributed by atoms with E-state index < -0.39 is 0 Å². The van der Waals surface area contributed by atoms with Crippen molar-refractivity contribution in [3.8, 4) is 21.8 Å². The number of thiophene rings is 1. The van der Waals surface area contributed by atoms with Gasteiger partial charge in [0.05, 0.1) is 40.7 Å². The van der Waals surface area contributed by atoms with E-state index in [1.807, 2.05) is 49.7 Å². The Balaban J connectivity index is 0.00000181. The first-order valence-electron chi connectivity index (χ1n) is 14.2. The van der Waals surface area contributed by atoms with Gasteiger partial charge in [0.1, 0.15) is 5.82 Å². The van der Waals surface area contributed by atoms with E-state index >= 15 is 0 Å². The summed E-state index contributed by atoms with van der Waals surface area (Å²) >= 11 is 1.65. The molecule has 0 spiro atoms. The molecule has 0 saturated carbocycles. The lowest BCUT2D eigenvalue weighted by Gasteiger charge is -2.41. The number of nitrogens with one attached hydrogen (secondary N) is 1. The largest absolute Gasteiger partial charge is 0.383 e. The molecule has 5 heterocycles. The lowest BCUT2D eigenvalue weighted by atomic mass is 10.0. The summed E-state index contributed by atoms with van der Waals surface area (Å²) in [5, 5.41) is 9.70. The highest BCUT2D eigenvalue weighted by atomic mass is 32.1. The standard InChI is InChI=1S/C28H35N7O2S.C2H6/c1-5-33(6-2)19(3)16-29-28(36)20-14-24(31-26(15-20)34-11-9-21(34)18-37-4)22-17-30-35-12-10-23(32-27(22)35)25-8-7-13-38-25;1-2/h7-8,10,12-15,17,19,21H,5-6,9,11,16,18H2,1-4H3,(H,29,36);1-2H3. The van der Waals surface area contributed by atoms with Crippen molar-refractivity contribution in [1.29, 1.82) is 0 Å². The third-order valence-electron chi connectivity index (χ3n) is 7.28. The minimum absolute atomic E-state index is 0.110. The number of carbonyl (C=O) groups is 1. The van der Waals surface area contributed by atoms with Crippen molar-refractivity contribution >= 4 is 28.7 Å². The molecule has 1 N–H and O–H groups in total. The molecule has 0 radical (unpaired) electrons. The van der Waals surface area contributed by atoms with Gasteiger partial charge in [-0.05, 0) is 56.1 Å². The molecule has 2 unspecified atom stereocenters. The van der Waals surface area contributed by atoms with Crippen LogP contribution in [-0.2, 0) is 4.74 Å². The third kappa shape index (κ3) is 6.35. The van der Waals surface area contributed by atoms with Crippen LogP contribution >= 0.6 is 11.3 Å². The molecule has 0 aromatic carbocycles. The van der Waals surface area contributed by atoms with Gasteiger partial charge in [-0.1, -0.05) is 33.8 Å². The van der Waals surface area contributed by atoms with E-state index in [1.165, 1.54) is 0 Å². The normalized spacial score (nSPS) is 15.5. The summed E-state index contributed by atoms with van der Waals surface area (Å²) in [5.74, 6) is 0.660. The summed E-state index contributed by atoms with van der Waals surface area (Å²) in [6.07, 6.45) is 4.72. The maximum atomic E-state index is 13.4. The zero-order valence-corrected chi connectivity index (χ0v) is 25.2. The molecule has 1 amide bonds. The van der Waals surface area contributed by atoms with E-state index in [-0.39, 0.29) is 18.0 Å². The quantitative estimate of drug-likeness (QED) is 0.267. The van der Waals surface area contributed by atoms with Crippen LogP contribution in [0, 0.1) is 0 Å². The number of hydrogen-bond acceptors (Lipinski definition) is 8. The van der Waals surface area contributed by atoms with Crippen LogP contribution in [0.15, 0.2) is 48.1 Å². The van der Waals surface area contributed by atoms with Gasteiger partial charge < -0.3 is 15.0 Å². The summed E-state index contributed by atoms with van der Waals surface area (Å²) in [7, 11) is 1.71. The van der Waals surface area contributed by atoms with Gasteiger partial charge >= 0.3 is 0 Å². The predicted octanol–water partition coefficient (Wildman–Crippen LogP) is 5.23. The first-order chi connectivity index (χ1) is 19.5. The van der Waals surface area contributed by atoms with Crippen molar-refractivity contribution in [3.63, 3.8) is 0 Å². The van der Waals surface area contributed by atoms with Gasteiger partial charge in [0.25, 0.3) is 5.91 Å². The minimum Gasteiger partial charge on any atom is -0.383 e. The number of carbonyl (C=O) groups excluding carboxylic acids is 1. The van der Waals surface area contributed by atoms with E-state index in [9.17, 15) is 4.79 Å². The smallest absolute Gasteiger partial charge is 0.251 e. The molecule has 4 aromatic rings. The SMILES string of the molecule is CC.CCN(CC)C(C)CNC(=O)c1cc(-c2cnn3ccc(-c4cccs4)nc23)nc(N2CCC2COC)c1. The molecule has 5 rings (SSSR count). The van der Waals surface area contributed by atoms with E-state index in [0.717, 1.165) is 48.0 Å². The zero-order chi connectivity index (χ0) is 28.6. The molecule has 10 heteroatoms. The number of rotatable bonds is 11. The number of anilines is 1. The topological polar surface area (TPSA) is 87.9 Å². The maximum absolute atomic E-state index is 13.4. The first-order valence-corrected chi connectivity index (χ1v) is 15.1. The Kier molecular flexibility index (Phi) is 10.2. The minimum atomic E-state index is -0.110. The van der Waals surface area contributed by atoms with Gasteiger partial charge in [-0.3, -0.25) is 9.69 Å². The Morgan fingerprint density at radius 2 is 2.00 bits per heavy atom. The Morgan fingerprint density at radius 3 is 2.65 bits per heavy atom. The molecule has 2 atom stereocenters. The number of likely N-dealkylation sites (N-methyl/N-ethyl adjacent to an activating group) is 1. The first kappa shape index (κ1) is 29.6. The average Bonchev–Trinajstić information content (AvgIpc) is 3.66. The number of pyridine rings is 1. The van der Waals surface area contributed by atoms with E-state index in [2.05, 4.69) is 47.1 Å². The molecule has 1 aliphatic heterocycles. The monoisotopic (exact) mass is 563 g/mol. The summed E-state index contributed by atoms with van der Waals surface area (Å²) in [6, 6.07) is 10.3. The summed E-state index contributed by atoms with van der Waals surface area (Å²) in [4.78, 5) is 28.9. The molecule has 1 saturated heterocycles. The van der Waals surface area contributed by atoms with E-state index in [1.54, 1.807) is 29.2 Å². The van der Waals surface area contributed by atoms with Crippen LogP contribution < -0.4 is 10.2 Å². The van der Waals surface area contributed by atoms with Crippen molar-refractivity contribution in [3.05, 3.63) is 53.7 Å². The molecule has 0 aliphatic carbocycles. The van der Waals surface area contributed by atoms with Crippen molar-refractivity contribution < 1.29 is 9.53 Å². The molecule has 214 valence electrons. The maximum Gasteiger partial charge on any atom is 0.251 e. The van der Waals surface area contributed by atoms with Crippen LogP contribution in [0.3, 0.4) is 0 Å². The second kappa shape index (κ2) is 13.8. The third-order valence-corrected chi connectivity index (χ3v) is 8.18. The predicted molar refractivity (Wildman–Crippen MR) is 163 cm³/mol. The number of fused-ring (bicyclic) bond motifs is 1. The van der Waals surface area contributed by atoms with Crippen LogP contribution in [0.4, 0.5) is 5.82 Å². The number of nitrogens with zero attached hydrogens (tertiary/aromatic N) is 6. The van der Waals surface area contributed by atoms with Crippen molar-refractivity contribution in [2.45, 2.75) is 53.1 Å². The molecular formula is C30H41N7O2S. The average molecular weight is 564 g/mol. The van der Waals surface area contributed by atoms with Crippen molar-refractivity contribution in [2.75, 3.05) is 44.8 Å². The fourth-order valence-corrected chi connectivity index (χ4v) is 5.67. The van der Waals surface area contributed by atoms with Crippen LogP contribution in [0.25, 0.3) is 27.5 Å². The Morgan fingerprint density at radius 1 is 1.20 bits per heavy atom. The Labute approximate surface area is 241 Å². The second-order valence-electron chi connectivity index (χ2n) is 9.59. The number of aromatic nitrogens is 4. The fraction of sp³-hybridized carbons (Fsp3) is 0.467. The zero-order valence-electron chi connectivity index (χ0n) is 24.4. The molecule has 9 nitrogen and oxygen atoms in total. The molecule has 40 heavy (non-hydrogen) atoms. The van der Waals surface area contributed by atoms with Crippen LogP contribution in [0.5, 0.6) is 0 Å². The van der Waals surface area contributed by atoms with Crippen molar-refractivity contribution in [1.82, 2.24) is 29.8 Å². The highest BCUT2D eigenvalue weighted by Crippen LogP contribution is 2.31. The molecule has 1 aliphatic rings. The highest BCUT2D eigenvalue weighted by Gasteiger charge is 2.30. The Bertz CT molecular complexity index is 1380. The number of methoxy groups -OCH3 is 1. The summed E-state index contributed by atoms with van der Waals surface area (Å²) in [6.45, 7) is 14.4. The number of amides is 1. The van der Waals surface area contributed by atoms with Gasteiger partial charge in [-0.2, -0.15) is 5.10 Å². The molecule has 0 bridgehead atoms. The van der Waals surface area contributed by atoms with Gasteiger partial charge in [0, 0.05) is 38.0 Å². The van der Waals surface area contributed by atoms with Crippen LogP contribution in [0.2, 0.25) is 0 Å². The van der Waals surface area contributed by atoms with Gasteiger partial charge in [-0.15, -0.1) is 11.3 Å². The van der Waals surface area contributed by atoms with Crippen LogP contribution in [-0.4, -0.2) is 82.4 Å².